The Balaban J connectivity index is 0.877. The number of carboxylic acid groups (broad SMARTS) is 1. The second-order valence-electron chi connectivity index (χ2n) is 15.0. The maximum Gasteiger partial charge on any atom is 0.407 e. The summed E-state index contributed by atoms with van der Waals surface area (Å²) in [5.41, 5.74) is 6.29. The monoisotopic (exact) mass is 660 g/mol. The van der Waals surface area contributed by atoms with Crippen LogP contribution in [-0.2, 0) is 19.7 Å². The molecule has 4 N–H and O–H groups in total. The van der Waals surface area contributed by atoms with E-state index in [1.54, 1.807) is 0 Å². The minimum Gasteiger partial charge on any atom is -0.481 e. The van der Waals surface area contributed by atoms with E-state index < -0.39 is 18.1 Å². The molecule has 1 spiro atoms. The number of methoxy groups -OCH3 is 1. The molecule has 5 saturated carbocycles. The standard InChI is InChI=1S/C38H40N6O5/c1-19(2)30(43-36(48)49-3)33(45)44-16-4-5-27(44)32-39-17-25(41-32)22-10-6-20(7-11-22)21-8-12-23(13-9-21)26-18-40-35(42-26)38-24-14-15-37(38)29(31(37)38)28(24)34(46)47/h6-13,17-19,24,27-31H,4-5,14-16H2,1-3H3,(H,39,41)(H,40,42)(H,43,48)(H,46,47)/t24-,27-,28+,29+,30-,31?,37-,38+/m0/s1. The van der Waals surface area contributed by atoms with Gasteiger partial charge in [-0.1, -0.05) is 62.4 Å². The van der Waals surface area contributed by atoms with Gasteiger partial charge in [0.15, 0.2) is 0 Å². The van der Waals surface area contributed by atoms with Gasteiger partial charge in [0.05, 0.1) is 42.9 Å². The van der Waals surface area contributed by atoms with E-state index in [0.29, 0.717) is 18.4 Å². The number of carbonyl (C=O) groups excluding carboxylic acids is 2. The SMILES string of the molecule is COC(=O)N[C@H](C(=O)N1CCC[C@H]1c1ncc(-c2ccc(-c3ccc(-c4cnc([C@]56C7[C@H]8[C@H](C(=O)O)[C@@H]5CC[C@@]786)[nH]4)cc3)cc2)[nH]1)C(C)C. The second kappa shape index (κ2) is 10.5. The molecule has 1 unspecified atom stereocenters. The Hall–Kier alpha value is -4.93. The first-order chi connectivity index (χ1) is 23.7. The van der Waals surface area contributed by atoms with Gasteiger partial charge in [-0.25, -0.2) is 14.8 Å². The first kappa shape index (κ1) is 30.2. The van der Waals surface area contributed by atoms with E-state index in [4.69, 9.17) is 9.72 Å². The second-order valence-corrected chi connectivity index (χ2v) is 15.0. The highest BCUT2D eigenvalue weighted by Crippen LogP contribution is 3.05. The zero-order valence-electron chi connectivity index (χ0n) is 27.8. The van der Waals surface area contributed by atoms with Gasteiger partial charge in [0, 0.05) is 12.0 Å². The maximum absolute atomic E-state index is 13.5. The lowest BCUT2D eigenvalue weighted by Gasteiger charge is -2.30. The van der Waals surface area contributed by atoms with Crippen LogP contribution in [0.1, 0.15) is 57.2 Å². The van der Waals surface area contributed by atoms with Crippen LogP contribution in [0.15, 0.2) is 60.9 Å². The van der Waals surface area contributed by atoms with Crippen molar-refractivity contribution in [2.24, 2.45) is 35.0 Å². The molecule has 49 heavy (non-hydrogen) atoms. The van der Waals surface area contributed by atoms with Crippen molar-refractivity contribution in [3.8, 4) is 33.6 Å². The summed E-state index contributed by atoms with van der Waals surface area (Å²) in [4.78, 5) is 55.7. The highest BCUT2D eigenvalue weighted by molar-refractivity contribution is 5.86. The molecule has 4 aromatic rings. The number of carboxylic acids is 1. The summed E-state index contributed by atoms with van der Waals surface area (Å²) >= 11 is 0. The number of hydrogen-bond acceptors (Lipinski definition) is 6. The predicted octanol–water partition coefficient (Wildman–Crippen LogP) is 5.79. The summed E-state index contributed by atoms with van der Waals surface area (Å²) in [6, 6.07) is 15.9. The van der Waals surface area contributed by atoms with Crippen LogP contribution in [0.2, 0.25) is 0 Å². The van der Waals surface area contributed by atoms with Crippen LogP contribution < -0.4 is 5.32 Å². The molecule has 2 aromatic carbocycles. The molecule has 0 radical (unpaired) electrons. The Morgan fingerprint density at radius 3 is 2.16 bits per heavy atom. The smallest absolute Gasteiger partial charge is 0.407 e. The number of amides is 2. The number of benzene rings is 2. The van der Waals surface area contributed by atoms with Gasteiger partial charge < -0.3 is 30.0 Å². The highest BCUT2D eigenvalue weighted by atomic mass is 16.5. The number of nitrogens with zero attached hydrogens (tertiary/aromatic N) is 3. The Morgan fingerprint density at radius 2 is 1.57 bits per heavy atom. The molecule has 6 aliphatic rings. The third-order valence-electron chi connectivity index (χ3n) is 12.7. The van der Waals surface area contributed by atoms with Gasteiger partial charge in [0.2, 0.25) is 5.91 Å². The Kier molecular flexibility index (Phi) is 6.48. The van der Waals surface area contributed by atoms with Crippen molar-refractivity contribution in [3.05, 3.63) is 72.6 Å². The highest BCUT2D eigenvalue weighted by Gasteiger charge is 3.06. The number of hydrogen-bond donors (Lipinski definition) is 4. The quantitative estimate of drug-likeness (QED) is 0.177. The van der Waals surface area contributed by atoms with Crippen LogP contribution in [0.3, 0.4) is 0 Å². The van der Waals surface area contributed by atoms with Gasteiger partial charge in [-0.15, -0.1) is 0 Å². The molecule has 10 rings (SSSR count). The fourth-order valence-electron chi connectivity index (χ4n) is 10.6. The lowest BCUT2D eigenvalue weighted by molar-refractivity contribution is -0.143. The summed E-state index contributed by atoms with van der Waals surface area (Å²) in [5.74, 6) is 1.80. The Labute approximate surface area is 283 Å². The molecule has 4 bridgehead atoms. The minimum absolute atomic E-state index is 0.0238. The van der Waals surface area contributed by atoms with Crippen molar-refractivity contribution >= 4 is 18.0 Å². The first-order valence-corrected chi connectivity index (χ1v) is 17.4. The molecule has 8 atom stereocenters. The van der Waals surface area contributed by atoms with E-state index in [0.717, 1.165) is 71.0 Å². The van der Waals surface area contributed by atoms with E-state index in [-0.39, 0.29) is 40.5 Å². The van der Waals surface area contributed by atoms with E-state index in [1.807, 2.05) is 31.1 Å². The van der Waals surface area contributed by atoms with Gasteiger partial charge in [-0.05, 0) is 77.0 Å². The number of rotatable bonds is 9. The van der Waals surface area contributed by atoms with Crippen LogP contribution in [0.5, 0.6) is 0 Å². The number of imidazole rings is 2. The number of aliphatic carboxylic acids is 1. The fraction of sp³-hybridized carbons (Fsp3) is 0.447. The Bertz CT molecular complexity index is 1980. The number of alkyl carbamates (subject to hydrolysis) is 1. The third-order valence-corrected chi connectivity index (χ3v) is 12.7. The van der Waals surface area contributed by atoms with Gasteiger partial charge in [-0.2, -0.15) is 0 Å². The van der Waals surface area contributed by atoms with E-state index in [2.05, 4.69) is 68.8 Å². The zero-order chi connectivity index (χ0) is 33.8. The number of ether oxygens (including phenoxy) is 1. The predicted molar refractivity (Wildman–Crippen MR) is 180 cm³/mol. The van der Waals surface area contributed by atoms with Crippen molar-refractivity contribution in [1.82, 2.24) is 30.2 Å². The van der Waals surface area contributed by atoms with Crippen molar-refractivity contribution < 1.29 is 24.2 Å². The lowest BCUT2D eigenvalue weighted by atomic mass is 9.86. The molecule has 6 fully saturated rings. The number of aromatic amines is 2. The molecule has 1 saturated heterocycles. The summed E-state index contributed by atoms with van der Waals surface area (Å²) in [6.45, 7) is 4.42. The molecule has 252 valence electrons. The van der Waals surface area contributed by atoms with Crippen LogP contribution in [0.4, 0.5) is 4.79 Å². The topological polar surface area (TPSA) is 153 Å². The lowest BCUT2D eigenvalue weighted by Crippen LogP contribution is -2.51. The fourth-order valence-corrected chi connectivity index (χ4v) is 10.6. The van der Waals surface area contributed by atoms with Crippen molar-refractivity contribution in [2.75, 3.05) is 13.7 Å². The minimum atomic E-state index is -0.674. The molecule has 2 amide bonds. The van der Waals surface area contributed by atoms with E-state index in [1.165, 1.54) is 7.11 Å². The number of aromatic nitrogens is 4. The summed E-state index contributed by atoms with van der Waals surface area (Å²) in [7, 11) is 1.29. The molecule has 5 aliphatic carbocycles. The molecule has 3 heterocycles. The molecule has 1 aliphatic heterocycles. The van der Waals surface area contributed by atoms with Gasteiger partial charge >= 0.3 is 12.1 Å². The molecule has 11 heteroatoms. The van der Waals surface area contributed by atoms with E-state index in [9.17, 15) is 19.5 Å². The number of likely N-dealkylation sites (tertiary alicyclic amines) is 1. The van der Waals surface area contributed by atoms with Crippen LogP contribution in [0, 0.1) is 35.0 Å². The zero-order valence-corrected chi connectivity index (χ0v) is 27.8. The van der Waals surface area contributed by atoms with Crippen LogP contribution >= 0.6 is 0 Å². The average molecular weight is 661 g/mol. The average Bonchev–Trinajstić information content (AvgIpc) is 3.62. The summed E-state index contributed by atoms with van der Waals surface area (Å²) in [5, 5.41) is 12.5. The van der Waals surface area contributed by atoms with Gasteiger partial charge in [0.1, 0.15) is 17.7 Å². The molecule has 2 aromatic heterocycles. The van der Waals surface area contributed by atoms with Crippen LogP contribution in [0.25, 0.3) is 33.6 Å². The number of H-pyrrole nitrogens is 2. The number of carbonyl (C=O) groups is 3. The van der Waals surface area contributed by atoms with Gasteiger partial charge in [0.25, 0.3) is 0 Å². The molecule has 11 nitrogen and oxygen atoms in total. The van der Waals surface area contributed by atoms with Crippen molar-refractivity contribution in [2.45, 2.75) is 57.0 Å². The molecular weight excluding hydrogens is 620 g/mol. The van der Waals surface area contributed by atoms with Crippen molar-refractivity contribution in [1.29, 1.82) is 0 Å². The van der Waals surface area contributed by atoms with Gasteiger partial charge in [-0.3, -0.25) is 9.59 Å². The summed E-state index contributed by atoms with van der Waals surface area (Å²) < 4.78 is 4.75. The molecular formula is C38H40N6O5. The Morgan fingerprint density at radius 1 is 0.939 bits per heavy atom. The van der Waals surface area contributed by atoms with Crippen molar-refractivity contribution in [3.63, 3.8) is 0 Å². The largest absolute Gasteiger partial charge is 0.481 e. The summed E-state index contributed by atoms with van der Waals surface area (Å²) in [6.07, 6.45) is 6.92. The van der Waals surface area contributed by atoms with E-state index >= 15 is 0 Å². The normalized spacial score (nSPS) is 30.7. The maximum atomic E-state index is 13.5. The third kappa shape index (κ3) is 4.04. The first-order valence-electron chi connectivity index (χ1n) is 17.4. The van der Waals surface area contributed by atoms with Crippen LogP contribution in [-0.4, -0.2) is 67.6 Å². The number of nitrogens with one attached hydrogen (secondary N) is 3.